The molecule has 0 aliphatic heterocycles. The molecule has 0 heterocycles. The van der Waals surface area contributed by atoms with Crippen molar-refractivity contribution in [3.8, 4) is 5.75 Å². The van der Waals surface area contributed by atoms with Crippen molar-refractivity contribution in [1.82, 2.24) is 10.2 Å². The van der Waals surface area contributed by atoms with E-state index in [4.69, 9.17) is 4.74 Å². The third-order valence-electron chi connectivity index (χ3n) is 4.73. The van der Waals surface area contributed by atoms with Crippen LogP contribution in [0.2, 0.25) is 0 Å². The lowest BCUT2D eigenvalue weighted by atomic mass is 10.1. The predicted molar refractivity (Wildman–Crippen MR) is 118 cm³/mol. The number of hydrogen-bond donors (Lipinski definition) is 1. The van der Waals surface area contributed by atoms with Crippen molar-refractivity contribution in [1.29, 1.82) is 0 Å². The molecule has 1 N–H and O–H groups in total. The molecule has 0 aliphatic rings. The first-order chi connectivity index (χ1) is 14.0. The second-order valence-electron chi connectivity index (χ2n) is 6.82. The normalized spacial score (nSPS) is 11.6. The zero-order chi connectivity index (χ0) is 21.2. The summed E-state index contributed by atoms with van der Waals surface area (Å²) in [5, 5.41) is 2.68. The average Bonchev–Trinajstić information content (AvgIpc) is 2.74. The van der Waals surface area contributed by atoms with E-state index in [0.29, 0.717) is 25.1 Å². The van der Waals surface area contributed by atoms with Crippen LogP contribution >= 0.6 is 11.8 Å². The molecule has 0 fully saturated rings. The minimum Gasteiger partial charge on any atom is -0.497 e. The predicted octanol–water partition coefficient (Wildman–Crippen LogP) is 4.04. The van der Waals surface area contributed by atoms with E-state index in [-0.39, 0.29) is 11.8 Å². The monoisotopic (exact) mass is 414 g/mol. The van der Waals surface area contributed by atoms with Crippen molar-refractivity contribution in [2.24, 2.45) is 0 Å². The van der Waals surface area contributed by atoms with Gasteiger partial charge in [-0.2, -0.15) is 0 Å². The van der Waals surface area contributed by atoms with Gasteiger partial charge in [0, 0.05) is 30.7 Å². The molecule has 2 rings (SSSR count). The second kappa shape index (κ2) is 11.5. The summed E-state index contributed by atoms with van der Waals surface area (Å²) in [5.74, 6) is 1.23. The summed E-state index contributed by atoms with van der Waals surface area (Å²) in [7, 11) is 3.22. The fourth-order valence-corrected chi connectivity index (χ4v) is 3.93. The molecule has 0 saturated heterocycles. The first-order valence-corrected chi connectivity index (χ1v) is 10.8. The van der Waals surface area contributed by atoms with E-state index in [2.05, 4.69) is 36.5 Å². The van der Waals surface area contributed by atoms with Crippen molar-refractivity contribution in [3.05, 3.63) is 59.7 Å². The van der Waals surface area contributed by atoms with Crippen LogP contribution in [0.25, 0.3) is 0 Å². The Hall–Kier alpha value is -2.47. The van der Waals surface area contributed by atoms with Gasteiger partial charge < -0.3 is 15.0 Å². The van der Waals surface area contributed by atoms with Gasteiger partial charge in [0.2, 0.25) is 11.8 Å². The molecule has 156 valence electrons. The summed E-state index contributed by atoms with van der Waals surface area (Å²) in [6.07, 6.45) is 0.927. The number of nitrogens with one attached hydrogen (secondary N) is 1. The van der Waals surface area contributed by atoms with E-state index in [1.165, 1.54) is 5.56 Å². The number of amides is 2. The van der Waals surface area contributed by atoms with E-state index in [0.717, 1.165) is 16.2 Å². The molecule has 0 spiro atoms. The van der Waals surface area contributed by atoms with Gasteiger partial charge in [-0.3, -0.25) is 9.59 Å². The smallest absolute Gasteiger partial charge is 0.242 e. The summed E-state index contributed by atoms with van der Waals surface area (Å²) < 4.78 is 5.29. The van der Waals surface area contributed by atoms with Crippen LogP contribution in [0, 0.1) is 6.92 Å². The minimum absolute atomic E-state index is 0.0251. The summed E-state index contributed by atoms with van der Waals surface area (Å²) in [4.78, 5) is 28.3. The van der Waals surface area contributed by atoms with Crippen molar-refractivity contribution in [2.75, 3.05) is 19.9 Å². The van der Waals surface area contributed by atoms with Crippen molar-refractivity contribution in [2.45, 2.75) is 44.2 Å². The lowest BCUT2D eigenvalue weighted by Gasteiger charge is -2.30. The average molecular weight is 415 g/mol. The van der Waals surface area contributed by atoms with Gasteiger partial charge in [-0.1, -0.05) is 36.8 Å². The largest absolute Gasteiger partial charge is 0.497 e. The van der Waals surface area contributed by atoms with Crippen LogP contribution in [-0.4, -0.2) is 42.7 Å². The Labute approximate surface area is 177 Å². The Morgan fingerprint density at radius 1 is 1.17 bits per heavy atom. The molecule has 0 bridgehead atoms. The molecule has 0 aliphatic carbocycles. The van der Waals surface area contributed by atoms with Crippen LogP contribution in [0.5, 0.6) is 5.75 Å². The third kappa shape index (κ3) is 6.82. The SMILES string of the molecule is CCC(C(=O)NC)N(Cc1cccc(OC)c1)C(=O)CCSc1ccc(C)cc1. The lowest BCUT2D eigenvalue weighted by molar-refractivity contribution is -0.140. The molecule has 1 unspecified atom stereocenters. The molecule has 0 aromatic heterocycles. The van der Waals surface area contributed by atoms with Gasteiger partial charge in [-0.15, -0.1) is 11.8 Å². The number of carbonyl (C=O) groups is 2. The fraction of sp³-hybridized carbons (Fsp3) is 0.391. The molecule has 2 amide bonds. The number of nitrogens with zero attached hydrogens (tertiary/aromatic N) is 1. The standard InChI is InChI=1S/C23H30N2O3S/c1-5-21(23(27)24-3)25(16-18-7-6-8-19(15-18)28-4)22(26)13-14-29-20-11-9-17(2)10-12-20/h6-12,15,21H,5,13-14,16H2,1-4H3,(H,24,27). The highest BCUT2D eigenvalue weighted by Gasteiger charge is 2.27. The Bertz CT molecular complexity index is 808. The highest BCUT2D eigenvalue weighted by molar-refractivity contribution is 7.99. The van der Waals surface area contributed by atoms with Gasteiger partial charge in [-0.05, 0) is 43.2 Å². The van der Waals surface area contributed by atoms with E-state index >= 15 is 0 Å². The minimum atomic E-state index is -0.497. The molecule has 29 heavy (non-hydrogen) atoms. The zero-order valence-corrected chi connectivity index (χ0v) is 18.4. The van der Waals surface area contributed by atoms with Gasteiger partial charge in [0.25, 0.3) is 0 Å². The summed E-state index contributed by atoms with van der Waals surface area (Å²) >= 11 is 1.65. The highest BCUT2D eigenvalue weighted by atomic mass is 32.2. The topological polar surface area (TPSA) is 58.6 Å². The van der Waals surface area contributed by atoms with Gasteiger partial charge in [0.05, 0.1) is 7.11 Å². The van der Waals surface area contributed by atoms with Gasteiger partial charge in [-0.25, -0.2) is 0 Å². The highest BCUT2D eigenvalue weighted by Crippen LogP contribution is 2.22. The Morgan fingerprint density at radius 2 is 1.90 bits per heavy atom. The molecule has 0 radical (unpaired) electrons. The Morgan fingerprint density at radius 3 is 2.52 bits per heavy atom. The fourth-order valence-electron chi connectivity index (χ4n) is 3.09. The molecule has 2 aromatic carbocycles. The maximum Gasteiger partial charge on any atom is 0.242 e. The van der Waals surface area contributed by atoms with Crippen molar-refractivity contribution < 1.29 is 14.3 Å². The Balaban J connectivity index is 2.10. The van der Waals surface area contributed by atoms with Gasteiger partial charge in [0.1, 0.15) is 11.8 Å². The van der Waals surface area contributed by atoms with Crippen LogP contribution in [0.1, 0.15) is 30.9 Å². The van der Waals surface area contributed by atoms with Crippen molar-refractivity contribution in [3.63, 3.8) is 0 Å². The number of benzene rings is 2. The number of methoxy groups -OCH3 is 1. The number of carbonyl (C=O) groups excluding carboxylic acids is 2. The first kappa shape index (κ1) is 22.8. The van der Waals surface area contributed by atoms with Crippen LogP contribution in [0.4, 0.5) is 0 Å². The number of likely N-dealkylation sites (N-methyl/N-ethyl adjacent to an activating group) is 1. The molecule has 2 aromatic rings. The molecule has 5 nitrogen and oxygen atoms in total. The van der Waals surface area contributed by atoms with Crippen LogP contribution < -0.4 is 10.1 Å². The van der Waals surface area contributed by atoms with Crippen LogP contribution in [0.3, 0.4) is 0 Å². The maximum atomic E-state index is 13.1. The van der Waals surface area contributed by atoms with E-state index < -0.39 is 6.04 Å². The maximum absolute atomic E-state index is 13.1. The summed E-state index contributed by atoms with van der Waals surface area (Å²) in [6, 6.07) is 15.4. The van der Waals surface area contributed by atoms with E-state index in [1.54, 1.807) is 30.8 Å². The van der Waals surface area contributed by atoms with Crippen LogP contribution in [0.15, 0.2) is 53.4 Å². The number of thioether (sulfide) groups is 1. The molecule has 1 atom stereocenters. The number of aryl methyl sites for hydroxylation is 1. The lowest BCUT2D eigenvalue weighted by Crippen LogP contribution is -2.48. The number of rotatable bonds is 10. The second-order valence-corrected chi connectivity index (χ2v) is 7.99. The van der Waals surface area contributed by atoms with Crippen LogP contribution in [-0.2, 0) is 16.1 Å². The van der Waals surface area contributed by atoms with Gasteiger partial charge >= 0.3 is 0 Å². The van der Waals surface area contributed by atoms with E-state index in [1.807, 2.05) is 31.2 Å². The number of ether oxygens (including phenoxy) is 1. The quantitative estimate of drug-likeness (QED) is 0.596. The first-order valence-electron chi connectivity index (χ1n) is 9.82. The van der Waals surface area contributed by atoms with Gasteiger partial charge in [0.15, 0.2) is 0 Å². The molecule has 0 saturated carbocycles. The molecular formula is C23H30N2O3S. The van der Waals surface area contributed by atoms with Crippen molar-refractivity contribution >= 4 is 23.6 Å². The summed E-state index contributed by atoms with van der Waals surface area (Å²) in [5.41, 5.74) is 2.15. The zero-order valence-electron chi connectivity index (χ0n) is 17.6. The van der Waals surface area contributed by atoms with E-state index in [9.17, 15) is 9.59 Å². The molecular weight excluding hydrogens is 384 g/mol. The summed E-state index contributed by atoms with van der Waals surface area (Å²) in [6.45, 7) is 4.35. The Kier molecular flexibility index (Phi) is 9.06. The third-order valence-corrected chi connectivity index (χ3v) is 5.74. The molecule has 6 heteroatoms. The number of hydrogen-bond acceptors (Lipinski definition) is 4.